The Balaban J connectivity index is 1.42. The first kappa shape index (κ1) is 21.3. The van der Waals surface area contributed by atoms with E-state index in [-0.39, 0.29) is 29.5 Å². The number of anilines is 1. The van der Waals surface area contributed by atoms with Crippen LogP contribution in [0, 0.1) is 11.6 Å². The van der Waals surface area contributed by atoms with Crippen LogP contribution in [0.4, 0.5) is 13.9 Å². The van der Waals surface area contributed by atoms with Crippen LogP contribution in [0.15, 0.2) is 70.8 Å². The Morgan fingerprint density at radius 2 is 1.88 bits per heavy atom. The van der Waals surface area contributed by atoms with Crippen LogP contribution in [0.25, 0.3) is 11.3 Å². The van der Waals surface area contributed by atoms with Crippen molar-refractivity contribution in [3.05, 3.63) is 93.7 Å². The number of hydrogen-bond acceptors (Lipinski definition) is 6. The quantitative estimate of drug-likeness (QED) is 0.457. The number of para-hydroxylation sites is 1. The maximum Gasteiger partial charge on any atom is 0.277 e. The molecule has 0 unspecified atom stereocenters. The van der Waals surface area contributed by atoms with Crippen LogP contribution in [0.2, 0.25) is 0 Å². The van der Waals surface area contributed by atoms with Crippen molar-refractivity contribution in [2.45, 2.75) is 6.54 Å². The molecule has 0 aliphatic rings. The van der Waals surface area contributed by atoms with E-state index >= 15 is 0 Å². The predicted molar refractivity (Wildman–Crippen MR) is 116 cm³/mol. The van der Waals surface area contributed by atoms with E-state index in [1.165, 1.54) is 18.2 Å². The molecule has 162 valence electrons. The molecule has 0 aliphatic heterocycles. The minimum Gasteiger partial charge on any atom is -0.492 e. The predicted octanol–water partition coefficient (Wildman–Crippen LogP) is 3.98. The molecule has 7 nitrogen and oxygen atoms in total. The summed E-state index contributed by atoms with van der Waals surface area (Å²) in [6.07, 6.45) is 0. The van der Waals surface area contributed by atoms with Gasteiger partial charge < -0.3 is 4.74 Å². The zero-order valence-electron chi connectivity index (χ0n) is 16.5. The lowest BCUT2D eigenvalue weighted by Gasteiger charge is -2.08. The third-order valence-electron chi connectivity index (χ3n) is 4.35. The Morgan fingerprint density at radius 3 is 2.66 bits per heavy atom. The minimum atomic E-state index is -0.983. The van der Waals surface area contributed by atoms with Crippen LogP contribution >= 0.6 is 11.3 Å². The van der Waals surface area contributed by atoms with Gasteiger partial charge in [0, 0.05) is 17.0 Å². The standard InChI is InChI=1S/C22H16F2N4O3S/c23-16-7-6-14(12-17(16)24)19-13-32-22(25-19)26-21(30)18-8-9-20(29)28(27-18)10-11-31-15-4-2-1-3-5-15/h1-9,12-13H,10-11H2,(H,25,26,30). The second-order valence-corrected chi connectivity index (χ2v) is 7.42. The molecule has 1 amide bonds. The maximum atomic E-state index is 13.4. The highest BCUT2D eigenvalue weighted by Crippen LogP contribution is 2.26. The second-order valence-electron chi connectivity index (χ2n) is 6.56. The summed E-state index contributed by atoms with van der Waals surface area (Å²) in [5.74, 6) is -1.83. The average Bonchev–Trinajstić information content (AvgIpc) is 3.26. The van der Waals surface area contributed by atoms with Gasteiger partial charge >= 0.3 is 0 Å². The van der Waals surface area contributed by atoms with E-state index in [2.05, 4.69) is 15.4 Å². The SMILES string of the molecule is O=C(Nc1nc(-c2ccc(F)c(F)c2)cs1)c1ccc(=O)n(CCOc2ccccc2)n1. The number of nitrogens with zero attached hydrogens (tertiary/aromatic N) is 3. The van der Waals surface area contributed by atoms with Gasteiger partial charge in [0.05, 0.1) is 12.2 Å². The average molecular weight is 454 g/mol. The van der Waals surface area contributed by atoms with Crippen molar-refractivity contribution in [3.8, 4) is 17.0 Å². The minimum absolute atomic E-state index is 0.0221. The van der Waals surface area contributed by atoms with E-state index in [0.717, 1.165) is 28.2 Å². The fourth-order valence-electron chi connectivity index (χ4n) is 2.78. The molecule has 0 saturated heterocycles. The van der Waals surface area contributed by atoms with Gasteiger partial charge in [-0.3, -0.25) is 14.9 Å². The van der Waals surface area contributed by atoms with E-state index < -0.39 is 17.5 Å². The monoisotopic (exact) mass is 454 g/mol. The maximum absolute atomic E-state index is 13.4. The van der Waals surface area contributed by atoms with Gasteiger partial charge in [-0.05, 0) is 36.4 Å². The summed E-state index contributed by atoms with van der Waals surface area (Å²) in [7, 11) is 0. The smallest absolute Gasteiger partial charge is 0.277 e. The van der Waals surface area contributed by atoms with Crippen molar-refractivity contribution in [1.29, 1.82) is 0 Å². The molecular weight excluding hydrogens is 438 g/mol. The molecule has 2 aromatic carbocycles. The number of ether oxygens (including phenoxy) is 1. The fraction of sp³-hybridized carbons (Fsp3) is 0.0909. The van der Waals surface area contributed by atoms with Crippen molar-refractivity contribution in [3.63, 3.8) is 0 Å². The molecule has 2 heterocycles. The first-order valence-electron chi connectivity index (χ1n) is 9.48. The molecule has 0 fully saturated rings. The Morgan fingerprint density at radius 1 is 1.06 bits per heavy atom. The van der Waals surface area contributed by atoms with Crippen LogP contribution in [0.5, 0.6) is 5.75 Å². The fourth-order valence-corrected chi connectivity index (χ4v) is 3.49. The lowest BCUT2D eigenvalue weighted by atomic mass is 10.2. The van der Waals surface area contributed by atoms with Crippen LogP contribution in [0.3, 0.4) is 0 Å². The number of halogens is 2. The van der Waals surface area contributed by atoms with Crippen LogP contribution < -0.4 is 15.6 Å². The van der Waals surface area contributed by atoms with E-state index in [0.29, 0.717) is 17.0 Å². The number of aromatic nitrogens is 3. The van der Waals surface area contributed by atoms with Gasteiger partial charge in [-0.1, -0.05) is 18.2 Å². The molecule has 32 heavy (non-hydrogen) atoms. The summed E-state index contributed by atoms with van der Waals surface area (Å²) < 4.78 is 33.3. The zero-order chi connectivity index (χ0) is 22.5. The van der Waals surface area contributed by atoms with Crippen molar-refractivity contribution >= 4 is 22.4 Å². The molecule has 0 bridgehead atoms. The molecule has 4 rings (SSSR count). The highest BCUT2D eigenvalue weighted by molar-refractivity contribution is 7.14. The third kappa shape index (κ3) is 5.03. The lowest BCUT2D eigenvalue weighted by molar-refractivity contribution is 0.101. The lowest BCUT2D eigenvalue weighted by Crippen LogP contribution is -2.28. The van der Waals surface area contributed by atoms with E-state index in [1.54, 1.807) is 17.5 Å². The molecule has 0 spiro atoms. The highest BCUT2D eigenvalue weighted by atomic mass is 32.1. The number of carbonyl (C=O) groups excluding carboxylic acids is 1. The molecular formula is C22H16F2N4O3S. The van der Waals surface area contributed by atoms with Crippen LogP contribution in [-0.4, -0.2) is 27.3 Å². The molecule has 0 saturated carbocycles. The third-order valence-corrected chi connectivity index (χ3v) is 5.11. The summed E-state index contributed by atoms with van der Waals surface area (Å²) in [5, 5.41) is 8.54. The highest BCUT2D eigenvalue weighted by Gasteiger charge is 2.14. The van der Waals surface area contributed by atoms with Crippen molar-refractivity contribution < 1.29 is 18.3 Å². The molecule has 0 atom stereocenters. The van der Waals surface area contributed by atoms with Gasteiger partial charge in [-0.25, -0.2) is 18.4 Å². The Bertz CT molecular complexity index is 1310. The summed E-state index contributed by atoms with van der Waals surface area (Å²) in [6.45, 7) is 0.360. The van der Waals surface area contributed by atoms with Gasteiger partial charge in [-0.15, -0.1) is 11.3 Å². The Kier molecular flexibility index (Phi) is 6.31. The Hall–Kier alpha value is -3.92. The second kappa shape index (κ2) is 9.48. The van der Waals surface area contributed by atoms with Crippen molar-refractivity contribution in [2.75, 3.05) is 11.9 Å². The number of carbonyl (C=O) groups is 1. The normalized spacial score (nSPS) is 10.7. The first-order chi connectivity index (χ1) is 15.5. The van der Waals surface area contributed by atoms with E-state index in [4.69, 9.17) is 4.74 Å². The van der Waals surface area contributed by atoms with Gasteiger partial charge in [0.15, 0.2) is 16.8 Å². The van der Waals surface area contributed by atoms with Crippen molar-refractivity contribution in [2.24, 2.45) is 0 Å². The largest absolute Gasteiger partial charge is 0.492 e. The molecule has 10 heteroatoms. The van der Waals surface area contributed by atoms with Gasteiger partial charge in [-0.2, -0.15) is 5.10 Å². The van der Waals surface area contributed by atoms with E-state index in [9.17, 15) is 18.4 Å². The first-order valence-corrected chi connectivity index (χ1v) is 10.4. The summed E-state index contributed by atoms with van der Waals surface area (Å²) >= 11 is 1.12. The summed E-state index contributed by atoms with van der Waals surface area (Å²) in [5.41, 5.74) is 0.424. The number of amides is 1. The van der Waals surface area contributed by atoms with Gasteiger partial charge in [0.1, 0.15) is 18.1 Å². The van der Waals surface area contributed by atoms with Gasteiger partial charge in [0.2, 0.25) is 0 Å². The van der Waals surface area contributed by atoms with Crippen LogP contribution in [-0.2, 0) is 6.54 Å². The van der Waals surface area contributed by atoms with Crippen molar-refractivity contribution in [1.82, 2.24) is 14.8 Å². The number of thiazole rings is 1. The number of hydrogen-bond donors (Lipinski definition) is 1. The number of nitrogens with one attached hydrogen (secondary N) is 1. The topological polar surface area (TPSA) is 86.1 Å². The molecule has 0 aliphatic carbocycles. The van der Waals surface area contributed by atoms with E-state index in [1.807, 2.05) is 18.2 Å². The number of rotatable bonds is 7. The zero-order valence-corrected chi connectivity index (χ0v) is 17.3. The number of benzene rings is 2. The molecule has 2 aromatic heterocycles. The molecule has 4 aromatic rings. The van der Waals surface area contributed by atoms with Crippen LogP contribution in [0.1, 0.15) is 10.5 Å². The molecule has 1 N–H and O–H groups in total. The van der Waals surface area contributed by atoms with Gasteiger partial charge in [0.25, 0.3) is 11.5 Å². The molecule has 0 radical (unpaired) electrons. The summed E-state index contributed by atoms with van der Waals surface area (Å²) in [6, 6.07) is 15.1. The summed E-state index contributed by atoms with van der Waals surface area (Å²) in [4.78, 5) is 28.8. The Labute approximate surface area is 184 Å².